The largest absolute Gasteiger partial charge is 1.00 e. The molecule has 6 saturated heterocycles. The third-order valence-corrected chi connectivity index (χ3v) is 7.22. The molecular weight excluding hydrogens is 610 g/mol. The van der Waals surface area contributed by atoms with Gasteiger partial charge in [-0.25, -0.2) is 4.39 Å². The average Bonchev–Trinajstić information content (AvgIpc) is 2.81. The van der Waals surface area contributed by atoms with Gasteiger partial charge in [0, 0.05) is 25.0 Å². The van der Waals surface area contributed by atoms with Gasteiger partial charge < -0.3 is 38.7 Å². The van der Waals surface area contributed by atoms with Gasteiger partial charge in [-0.05, 0) is 19.4 Å². The molecule has 0 aromatic rings. The van der Waals surface area contributed by atoms with Crippen LogP contribution in [0.25, 0.3) is 0 Å². The first-order chi connectivity index (χ1) is 16.8. The number of hydrogen-bond acceptors (Lipinski definition) is 1. The van der Waals surface area contributed by atoms with Crippen molar-refractivity contribution in [3.63, 3.8) is 0 Å². The second-order valence-corrected chi connectivity index (χ2v) is 11.8. The topological polar surface area (TPSA) is 7.68 Å². The van der Waals surface area contributed by atoms with Crippen molar-refractivity contribution in [1.82, 2.24) is 4.90 Å². The molecule has 0 saturated carbocycles. The SMILES string of the molecule is C.C.C=C(C)C[N+]12CC[NH+](CC1)CC2.C=C(F)Cl.CC(C)(CF)C[N+]12CCN(CC1)CC2.CCF.FCCl.[Cl-].[Cl-]. The molecule has 6 aliphatic rings. The Kier molecular flexibility index (Phi) is 32.0. The second kappa shape index (κ2) is 25.7. The van der Waals surface area contributed by atoms with E-state index in [9.17, 15) is 17.6 Å². The maximum atomic E-state index is 12.8. The molecule has 6 fully saturated rings. The van der Waals surface area contributed by atoms with Crippen molar-refractivity contribution in [2.24, 2.45) is 5.41 Å². The third-order valence-electron chi connectivity index (χ3n) is 7.22. The van der Waals surface area contributed by atoms with Crippen molar-refractivity contribution in [1.29, 1.82) is 0 Å². The van der Waals surface area contributed by atoms with Crippen LogP contribution in [0, 0.1) is 5.41 Å². The van der Waals surface area contributed by atoms with Crippen LogP contribution in [0.2, 0.25) is 0 Å². The van der Waals surface area contributed by atoms with Gasteiger partial charge in [0.05, 0.1) is 39.5 Å². The molecule has 6 heterocycles. The van der Waals surface area contributed by atoms with E-state index in [-0.39, 0.29) is 58.4 Å². The van der Waals surface area contributed by atoms with Crippen LogP contribution in [0.1, 0.15) is 42.5 Å². The molecule has 40 heavy (non-hydrogen) atoms. The standard InChI is InChI=1S/C11H22FN2.C10H19N2.C2H2ClF.C2H5F.CH2ClF.2CH4.2ClH/c1-11(2,9-12)10-14-6-3-13(4-7-14)5-8-14;1-10(2)9-12-6-3-11(4-7-12)5-8-12;1-2(3)4;1-2-3;2-1-3;;;;/h3-10H2,1-2H3;1,3-9H2,2H3;1H2;2H2,1H3;1H2;2*1H4;2*1H/q2*+1;;;;;;;/p-1. The van der Waals surface area contributed by atoms with E-state index in [1.807, 2.05) is 4.90 Å². The smallest absolute Gasteiger partial charge is 0.181 e. The van der Waals surface area contributed by atoms with Gasteiger partial charge in [-0.1, -0.05) is 65.1 Å². The Morgan fingerprint density at radius 2 is 1.20 bits per heavy atom. The number of fused-ring (bicyclic) bond motifs is 6. The molecule has 246 valence electrons. The molecule has 0 radical (unpaired) electrons. The number of halogens is 8. The molecule has 0 aliphatic carbocycles. The van der Waals surface area contributed by atoms with Gasteiger partial charge in [-0.15, -0.1) is 0 Å². The molecule has 0 amide bonds. The predicted octanol–water partition coefficient (Wildman–Crippen LogP) is -0.506. The van der Waals surface area contributed by atoms with E-state index in [1.165, 1.54) is 107 Å². The Morgan fingerprint density at radius 1 is 0.875 bits per heavy atom. The minimum atomic E-state index is -0.861. The summed E-state index contributed by atoms with van der Waals surface area (Å²) in [6, 6.07) is 0. The molecule has 1 N–H and O–H groups in total. The summed E-state index contributed by atoms with van der Waals surface area (Å²) in [6.45, 7) is 32.0. The second-order valence-electron chi connectivity index (χ2n) is 11.1. The zero-order valence-electron chi connectivity index (χ0n) is 23.8. The maximum absolute atomic E-state index is 12.8. The Hall–Kier alpha value is 0.200. The Morgan fingerprint density at radius 3 is 1.48 bits per heavy atom. The molecule has 0 atom stereocenters. The average molecular weight is 670 g/mol. The van der Waals surface area contributed by atoms with Gasteiger partial charge in [0.25, 0.3) is 0 Å². The fourth-order valence-electron chi connectivity index (χ4n) is 5.62. The first-order valence-electron chi connectivity index (χ1n) is 13.0. The molecule has 4 bridgehead atoms. The molecule has 0 aromatic heterocycles. The Balaban J connectivity index is -0.000000144. The van der Waals surface area contributed by atoms with Crippen LogP contribution in [0.5, 0.6) is 0 Å². The Bertz CT molecular complexity index is 596. The lowest BCUT2D eigenvalue weighted by molar-refractivity contribution is -1.07. The van der Waals surface area contributed by atoms with Crippen molar-refractivity contribution in [2.45, 2.75) is 42.5 Å². The number of hydrogen-bond donors (Lipinski definition) is 1. The summed E-state index contributed by atoms with van der Waals surface area (Å²) in [5.41, 5.74) is 1.24. The van der Waals surface area contributed by atoms with E-state index in [1.54, 1.807) is 0 Å². The molecule has 0 unspecified atom stereocenters. The molecule has 6 rings (SSSR count). The minimum Gasteiger partial charge on any atom is -1.00 e. The summed E-state index contributed by atoms with van der Waals surface area (Å²) < 4.78 is 46.3. The van der Waals surface area contributed by atoms with Crippen molar-refractivity contribution < 1.29 is 56.2 Å². The lowest BCUT2D eigenvalue weighted by atomic mass is 9.92. The van der Waals surface area contributed by atoms with Crippen LogP contribution in [0.4, 0.5) is 17.6 Å². The van der Waals surface area contributed by atoms with Crippen molar-refractivity contribution in [3.05, 3.63) is 24.0 Å². The van der Waals surface area contributed by atoms with Crippen LogP contribution in [-0.4, -0.2) is 125 Å². The zero-order chi connectivity index (χ0) is 27.8. The van der Waals surface area contributed by atoms with Crippen molar-refractivity contribution in [2.75, 3.05) is 111 Å². The fourth-order valence-corrected chi connectivity index (χ4v) is 5.62. The molecule has 6 aliphatic heterocycles. The summed E-state index contributed by atoms with van der Waals surface area (Å²) in [7, 11) is 0. The number of nitrogens with zero attached hydrogens (tertiary/aromatic N) is 3. The van der Waals surface area contributed by atoms with Gasteiger partial charge in [0.1, 0.15) is 45.8 Å². The number of rotatable bonds is 5. The highest BCUT2D eigenvalue weighted by Gasteiger charge is 2.42. The van der Waals surface area contributed by atoms with Crippen LogP contribution in [-0.2, 0) is 0 Å². The third kappa shape index (κ3) is 21.0. The first kappa shape index (κ1) is 49.9. The molecule has 0 aromatic carbocycles. The van der Waals surface area contributed by atoms with E-state index in [2.05, 4.69) is 62.0 Å². The number of piperazine rings is 6. The monoisotopic (exact) mass is 667 g/mol. The number of nitrogens with one attached hydrogen (secondary N) is 1. The van der Waals surface area contributed by atoms with Crippen molar-refractivity contribution >= 4 is 23.2 Å². The van der Waals surface area contributed by atoms with Crippen LogP contribution in [0.15, 0.2) is 24.0 Å². The summed E-state index contributed by atoms with van der Waals surface area (Å²) in [5, 5.41) is -0.861. The minimum absolute atomic E-state index is 0. The number of alkyl halides is 4. The first-order valence-corrected chi connectivity index (χ1v) is 13.9. The highest BCUT2D eigenvalue weighted by Crippen LogP contribution is 2.27. The van der Waals surface area contributed by atoms with Crippen LogP contribution < -0.4 is 29.7 Å². The summed E-state index contributed by atoms with van der Waals surface area (Å²) in [4.78, 5) is 4.36. The van der Waals surface area contributed by atoms with Crippen molar-refractivity contribution in [3.8, 4) is 0 Å². The van der Waals surface area contributed by atoms with Crippen LogP contribution >= 0.6 is 23.2 Å². The quantitative estimate of drug-likeness (QED) is 0.180. The van der Waals surface area contributed by atoms with E-state index < -0.39 is 11.4 Å². The van der Waals surface area contributed by atoms with E-state index in [0.717, 1.165) is 6.54 Å². The highest BCUT2D eigenvalue weighted by atomic mass is 35.5. The highest BCUT2D eigenvalue weighted by molar-refractivity contribution is 6.27. The lowest BCUT2D eigenvalue weighted by Gasteiger charge is -2.52. The summed E-state index contributed by atoms with van der Waals surface area (Å²) in [5.74, 6) is 0. The molecule has 12 heteroatoms. The summed E-state index contributed by atoms with van der Waals surface area (Å²) >= 11 is 8.75. The van der Waals surface area contributed by atoms with Gasteiger partial charge in [0.15, 0.2) is 11.4 Å². The van der Waals surface area contributed by atoms with E-state index in [4.69, 9.17) is 0 Å². The van der Waals surface area contributed by atoms with Gasteiger partial charge in [0.2, 0.25) is 0 Å². The van der Waals surface area contributed by atoms with E-state index in [0.29, 0.717) is 0 Å². The number of quaternary nitrogens is 3. The summed E-state index contributed by atoms with van der Waals surface area (Å²) in [6.07, 6.45) is -0.778. The fraction of sp³-hybridized carbons (Fsp3) is 0.857. The normalized spacial score (nSPS) is 26.6. The lowest BCUT2D eigenvalue weighted by Crippen LogP contribution is -3.19. The van der Waals surface area contributed by atoms with Crippen LogP contribution in [0.3, 0.4) is 0 Å². The zero-order valence-corrected chi connectivity index (χ0v) is 26.8. The molecular formula is C28H59Cl4F4N4+. The van der Waals surface area contributed by atoms with Gasteiger partial charge in [-0.3, -0.25) is 13.7 Å². The maximum Gasteiger partial charge on any atom is 0.181 e. The molecule has 0 spiro atoms. The molecule has 4 nitrogen and oxygen atoms in total. The van der Waals surface area contributed by atoms with Gasteiger partial charge in [-0.2, -0.15) is 4.39 Å². The van der Waals surface area contributed by atoms with E-state index >= 15 is 0 Å². The Labute approximate surface area is 266 Å². The predicted molar refractivity (Wildman–Crippen MR) is 159 cm³/mol. The van der Waals surface area contributed by atoms with Gasteiger partial charge >= 0.3 is 0 Å².